The van der Waals surface area contributed by atoms with Gasteiger partial charge in [-0.3, -0.25) is 0 Å². The number of fused-ring (bicyclic) bond motifs is 2. The SMILES string of the molecule is FC(F)(F)c1ccc(C(=Cc2ccccc2C=Cc2c3ccccc3c(C=Cc3ccccc3C=C(c3ccccc3)c3ccc(C(F)(F)F)cc3)c3ccccc23)c2ccccc2)cc1. The quantitative estimate of drug-likeness (QED) is 0.0730. The molecule has 0 nitrogen and oxygen atoms in total. The Bertz CT molecular complexity index is 3000. The topological polar surface area (TPSA) is 0 Å². The van der Waals surface area contributed by atoms with E-state index < -0.39 is 23.5 Å². The van der Waals surface area contributed by atoms with Crippen molar-refractivity contribution in [2.45, 2.75) is 12.4 Å². The summed E-state index contributed by atoms with van der Waals surface area (Å²) in [6, 6.07) is 62.4. The zero-order valence-electron chi connectivity index (χ0n) is 35.4. The molecule has 0 spiro atoms. The minimum absolute atomic E-state index is 0.669. The van der Waals surface area contributed by atoms with Crippen LogP contribution in [0, 0.1) is 0 Å². The van der Waals surface area contributed by atoms with Crippen molar-refractivity contribution < 1.29 is 26.3 Å². The van der Waals surface area contributed by atoms with Crippen LogP contribution >= 0.6 is 0 Å². The fraction of sp³-hybridized carbons (Fsp3) is 0.0333. The highest BCUT2D eigenvalue weighted by atomic mass is 19.4. The highest BCUT2D eigenvalue weighted by molar-refractivity contribution is 6.14. The molecule has 9 rings (SSSR count). The Kier molecular flexibility index (Phi) is 12.2. The Hall–Kier alpha value is -7.96. The van der Waals surface area contributed by atoms with Crippen LogP contribution in [0.2, 0.25) is 0 Å². The number of hydrogen-bond donors (Lipinski definition) is 0. The third kappa shape index (κ3) is 9.45. The molecule has 0 radical (unpaired) electrons. The van der Waals surface area contributed by atoms with Gasteiger partial charge in [0, 0.05) is 0 Å². The van der Waals surface area contributed by atoms with Crippen LogP contribution in [0.4, 0.5) is 26.3 Å². The molecule has 0 aromatic heterocycles. The molecule has 0 aliphatic heterocycles. The molecule has 0 atom stereocenters. The average molecular weight is 875 g/mol. The molecular weight excluding hydrogens is 835 g/mol. The number of halogens is 6. The largest absolute Gasteiger partial charge is 0.416 e. The summed E-state index contributed by atoms with van der Waals surface area (Å²) >= 11 is 0. The summed E-state index contributed by atoms with van der Waals surface area (Å²) in [6.07, 6.45) is 3.64. The molecule has 0 saturated heterocycles. The summed E-state index contributed by atoms with van der Waals surface area (Å²) in [5, 5.41) is 4.21. The van der Waals surface area contributed by atoms with Gasteiger partial charge in [0.25, 0.3) is 0 Å². The van der Waals surface area contributed by atoms with E-state index in [2.05, 4.69) is 48.6 Å². The maximum Gasteiger partial charge on any atom is 0.416 e. The molecule has 0 heterocycles. The molecule has 322 valence electrons. The van der Waals surface area contributed by atoms with Gasteiger partial charge in [-0.15, -0.1) is 0 Å². The first-order valence-electron chi connectivity index (χ1n) is 21.4. The van der Waals surface area contributed by atoms with Gasteiger partial charge in [0.15, 0.2) is 0 Å². The Balaban J connectivity index is 1.12. The van der Waals surface area contributed by atoms with Crippen molar-refractivity contribution in [1.82, 2.24) is 0 Å². The molecule has 0 aliphatic rings. The molecule has 0 bridgehead atoms. The van der Waals surface area contributed by atoms with Crippen LogP contribution in [0.15, 0.2) is 206 Å². The third-order valence-corrected chi connectivity index (χ3v) is 11.7. The van der Waals surface area contributed by atoms with Gasteiger partial charge in [-0.25, -0.2) is 0 Å². The molecule has 0 fully saturated rings. The predicted molar refractivity (Wildman–Crippen MR) is 262 cm³/mol. The van der Waals surface area contributed by atoms with Crippen LogP contribution in [0.3, 0.4) is 0 Å². The van der Waals surface area contributed by atoms with Gasteiger partial charge in [-0.1, -0.05) is 206 Å². The van der Waals surface area contributed by atoms with Crippen LogP contribution in [0.25, 0.3) is 69.1 Å². The van der Waals surface area contributed by atoms with E-state index in [0.29, 0.717) is 11.1 Å². The Morgan fingerprint density at radius 2 is 0.545 bits per heavy atom. The Labute approximate surface area is 379 Å². The van der Waals surface area contributed by atoms with E-state index in [9.17, 15) is 26.3 Å². The molecule has 9 aromatic rings. The van der Waals surface area contributed by atoms with Crippen molar-refractivity contribution >= 4 is 69.1 Å². The Morgan fingerprint density at radius 1 is 0.273 bits per heavy atom. The summed E-state index contributed by atoms with van der Waals surface area (Å²) in [5.74, 6) is 0. The molecule has 9 aromatic carbocycles. The molecule has 66 heavy (non-hydrogen) atoms. The van der Waals surface area contributed by atoms with Gasteiger partial charge in [0.1, 0.15) is 0 Å². The second-order valence-corrected chi connectivity index (χ2v) is 15.8. The van der Waals surface area contributed by atoms with Crippen LogP contribution in [-0.2, 0) is 12.4 Å². The van der Waals surface area contributed by atoms with Crippen molar-refractivity contribution in [2.75, 3.05) is 0 Å². The standard InChI is InChI=1S/C60H40F6/c61-59(62,63)49-33-27-45(28-34-49)57(43-17-3-1-4-18-43)39-47-21-9-7-15-41(47)31-37-55-51-23-11-13-25-53(51)56(54-26-14-12-24-52(54)55)38-32-42-16-8-10-22-48(42)40-58(44-19-5-2-6-20-44)46-29-35-50(36-30-46)60(64,65)66/h1-40H. The van der Waals surface area contributed by atoms with Crippen molar-refractivity contribution in [3.8, 4) is 0 Å². The second-order valence-electron chi connectivity index (χ2n) is 15.8. The maximum atomic E-state index is 13.5. The highest BCUT2D eigenvalue weighted by Gasteiger charge is 2.31. The molecule has 0 N–H and O–H groups in total. The predicted octanol–water partition coefficient (Wildman–Crippen LogP) is 17.5. The lowest BCUT2D eigenvalue weighted by molar-refractivity contribution is -0.138. The van der Waals surface area contributed by atoms with Crippen LogP contribution in [0.5, 0.6) is 0 Å². The summed E-state index contributed by atoms with van der Waals surface area (Å²) in [7, 11) is 0. The van der Waals surface area contributed by atoms with Gasteiger partial charge >= 0.3 is 12.4 Å². The number of alkyl halides is 6. The molecular formula is C60H40F6. The molecule has 0 amide bonds. The first kappa shape index (κ1) is 43.3. The lowest BCUT2D eigenvalue weighted by Crippen LogP contribution is -2.04. The molecule has 0 aliphatic carbocycles. The first-order valence-corrected chi connectivity index (χ1v) is 21.4. The summed E-state index contributed by atoms with van der Waals surface area (Å²) in [6.45, 7) is 0. The van der Waals surface area contributed by atoms with Crippen LogP contribution in [-0.4, -0.2) is 0 Å². The van der Waals surface area contributed by atoms with Crippen molar-refractivity contribution in [3.63, 3.8) is 0 Å². The number of hydrogen-bond acceptors (Lipinski definition) is 0. The average Bonchev–Trinajstić information content (AvgIpc) is 3.34. The number of rotatable bonds is 10. The van der Waals surface area contributed by atoms with E-state index in [4.69, 9.17) is 0 Å². The maximum absolute atomic E-state index is 13.5. The van der Waals surface area contributed by atoms with Gasteiger partial charge < -0.3 is 0 Å². The normalized spacial score (nSPS) is 12.8. The Morgan fingerprint density at radius 3 is 0.864 bits per heavy atom. The van der Waals surface area contributed by atoms with E-state index in [-0.39, 0.29) is 0 Å². The summed E-state index contributed by atoms with van der Waals surface area (Å²) < 4.78 is 81.2. The van der Waals surface area contributed by atoms with Gasteiger partial charge in [0.2, 0.25) is 0 Å². The summed E-state index contributed by atoms with van der Waals surface area (Å²) in [4.78, 5) is 0. The van der Waals surface area contributed by atoms with Crippen LogP contribution < -0.4 is 0 Å². The first-order chi connectivity index (χ1) is 32.0. The molecule has 6 heteroatoms. The van der Waals surface area contributed by atoms with Crippen molar-refractivity contribution in [3.05, 3.63) is 273 Å². The highest BCUT2D eigenvalue weighted by Crippen LogP contribution is 2.38. The van der Waals surface area contributed by atoms with E-state index in [1.807, 2.05) is 146 Å². The van der Waals surface area contributed by atoms with Gasteiger partial charge in [-0.2, -0.15) is 26.3 Å². The second kappa shape index (κ2) is 18.6. The minimum atomic E-state index is -4.44. The van der Waals surface area contributed by atoms with E-state index in [1.165, 1.54) is 24.3 Å². The van der Waals surface area contributed by atoms with Crippen molar-refractivity contribution in [1.29, 1.82) is 0 Å². The zero-order chi connectivity index (χ0) is 45.7. The molecule has 0 saturated carbocycles. The third-order valence-electron chi connectivity index (χ3n) is 11.7. The monoisotopic (exact) mass is 874 g/mol. The molecule has 0 unspecified atom stereocenters. The lowest BCUT2D eigenvalue weighted by atomic mass is 9.90. The number of benzene rings is 9. The minimum Gasteiger partial charge on any atom is -0.166 e. The van der Waals surface area contributed by atoms with Gasteiger partial charge in [0.05, 0.1) is 11.1 Å². The van der Waals surface area contributed by atoms with Gasteiger partial charge in [-0.05, 0) is 125 Å². The van der Waals surface area contributed by atoms with Crippen molar-refractivity contribution in [2.24, 2.45) is 0 Å². The smallest absolute Gasteiger partial charge is 0.166 e. The van der Waals surface area contributed by atoms with E-state index >= 15 is 0 Å². The summed E-state index contributed by atoms with van der Waals surface area (Å²) in [5.41, 5.74) is 9.06. The zero-order valence-corrected chi connectivity index (χ0v) is 35.4. The van der Waals surface area contributed by atoms with E-state index in [0.717, 1.165) is 101 Å². The van der Waals surface area contributed by atoms with E-state index in [1.54, 1.807) is 0 Å². The van der Waals surface area contributed by atoms with Crippen LogP contribution in [0.1, 0.15) is 66.8 Å². The lowest BCUT2D eigenvalue weighted by Gasteiger charge is -2.14. The fourth-order valence-electron chi connectivity index (χ4n) is 8.38. The fourth-order valence-corrected chi connectivity index (χ4v) is 8.38.